The molecule has 0 amide bonds. The van der Waals surface area contributed by atoms with Crippen molar-refractivity contribution in [1.29, 1.82) is 0 Å². The molecule has 0 saturated heterocycles. The highest BCUT2D eigenvalue weighted by molar-refractivity contribution is 7.19. The van der Waals surface area contributed by atoms with Crippen LogP contribution < -0.4 is 15.2 Å². The molecule has 3 aromatic rings. The predicted molar refractivity (Wildman–Crippen MR) is 97.8 cm³/mol. The van der Waals surface area contributed by atoms with Crippen molar-refractivity contribution in [3.05, 3.63) is 48.5 Å². The Bertz CT molecular complexity index is 705. The molecule has 0 saturated carbocycles. The number of nitrogens with zero attached hydrogens (tertiary/aromatic N) is 1. The highest BCUT2D eigenvalue weighted by Gasteiger charge is 2.14. The number of rotatable bonds is 4. The topological polar surface area (TPSA) is 57.4 Å². The number of hydrogen-bond donors (Lipinski definition) is 1. The Morgan fingerprint density at radius 2 is 1.30 bits per heavy atom. The fourth-order valence-corrected chi connectivity index (χ4v) is 3.08. The lowest BCUT2D eigenvalue weighted by atomic mass is 10.1. The number of aromatic nitrogens is 1. The zero-order chi connectivity index (χ0) is 15.5. The number of ether oxygens (including phenoxy) is 2. The van der Waals surface area contributed by atoms with Crippen LogP contribution in [-0.2, 0) is 0 Å². The van der Waals surface area contributed by atoms with E-state index < -0.39 is 0 Å². The molecule has 0 aliphatic heterocycles. The van der Waals surface area contributed by atoms with Crippen LogP contribution in [0.5, 0.6) is 11.5 Å². The van der Waals surface area contributed by atoms with E-state index in [0.717, 1.165) is 33.2 Å². The van der Waals surface area contributed by atoms with Gasteiger partial charge in [0, 0.05) is 5.56 Å². The average Bonchev–Trinajstić information content (AvgIpc) is 2.97. The van der Waals surface area contributed by atoms with Gasteiger partial charge in [-0.05, 0) is 54.1 Å². The molecule has 2 aromatic carbocycles. The van der Waals surface area contributed by atoms with Crippen molar-refractivity contribution in [1.82, 2.24) is 4.98 Å². The van der Waals surface area contributed by atoms with Crippen LogP contribution in [0.4, 0.5) is 5.13 Å². The molecule has 0 fully saturated rings. The second-order valence-electron chi connectivity index (χ2n) is 4.69. The van der Waals surface area contributed by atoms with E-state index in [-0.39, 0.29) is 12.4 Å². The van der Waals surface area contributed by atoms with E-state index >= 15 is 0 Å². The molecule has 0 radical (unpaired) electrons. The molecule has 0 aliphatic carbocycles. The lowest BCUT2D eigenvalue weighted by Crippen LogP contribution is -1.86. The maximum absolute atomic E-state index is 5.92. The van der Waals surface area contributed by atoms with Gasteiger partial charge in [0.05, 0.1) is 24.8 Å². The number of benzene rings is 2. The number of anilines is 1. The summed E-state index contributed by atoms with van der Waals surface area (Å²) in [5.41, 5.74) is 8.89. The smallest absolute Gasteiger partial charge is 0.181 e. The van der Waals surface area contributed by atoms with Gasteiger partial charge in [-0.1, -0.05) is 11.3 Å². The van der Waals surface area contributed by atoms with Crippen LogP contribution in [0.25, 0.3) is 21.7 Å². The van der Waals surface area contributed by atoms with E-state index in [4.69, 9.17) is 15.2 Å². The fraction of sp³-hybridized carbons (Fsp3) is 0.118. The molecule has 0 bridgehead atoms. The summed E-state index contributed by atoms with van der Waals surface area (Å²) in [6.07, 6.45) is 0. The van der Waals surface area contributed by atoms with Crippen LogP contribution >= 0.6 is 23.7 Å². The van der Waals surface area contributed by atoms with E-state index in [1.54, 1.807) is 14.2 Å². The Kier molecular flexibility index (Phi) is 5.47. The van der Waals surface area contributed by atoms with Gasteiger partial charge in [0.2, 0.25) is 0 Å². The summed E-state index contributed by atoms with van der Waals surface area (Å²) in [7, 11) is 3.31. The Balaban J connectivity index is 0.00000192. The summed E-state index contributed by atoms with van der Waals surface area (Å²) in [5, 5.41) is 0.552. The zero-order valence-corrected chi connectivity index (χ0v) is 14.4. The van der Waals surface area contributed by atoms with Crippen LogP contribution in [0.3, 0.4) is 0 Å². The molecular weight excluding hydrogens is 332 g/mol. The van der Waals surface area contributed by atoms with Crippen molar-refractivity contribution < 1.29 is 9.47 Å². The van der Waals surface area contributed by atoms with Gasteiger partial charge in [-0.2, -0.15) is 0 Å². The molecule has 120 valence electrons. The minimum absolute atomic E-state index is 0. The van der Waals surface area contributed by atoms with Crippen LogP contribution in [0.2, 0.25) is 0 Å². The molecule has 0 atom stereocenters. The molecule has 0 aliphatic rings. The van der Waals surface area contributed by atoms with Crippen LogP contribution in [-0.4, -0.2) is 19.2 Å². The highest BCUT2D eigenvalue weighted by atomic mass is 35.5. The summed E-state index contributed by atoms with van der Waals surface area (Å²) in [5.74, 6) is 1.64. The third-order valence-electron chi connectivity index (χ3n) is 3.36. The first-order chi connectivity index (χ1) is 10.7. The molecule has 0 unspecified atom stereocenters. The highest BCUT2D eigenvalue weighted by Crippen LogP contribution is 2.38. The van der Waals surface area contributed by atoms with Gasteiger partial charge in [0.1, 0.15) is 11.5 Å². The number of nitrogens with two attached hydrogens (primary N) is 1. The SMILES string of the molecule is COc1ccc(-c2nc(N)sc2-c2ccc(OC)cc2)cc1.Cl. The first-order valence-corrected chi connectivity index (χ1v) is 7.58. The van der Waals surface area contributed by atoms with Gasteiger partial charge in [-0.25, -0.2) is 4.98 Å². The Morgan fingerprint density at radius 3 is 1.78 bits per heavy atom. The maximum Gasteiger partial charge on any atom is 0.181 e. The molecule has 23 heavy (non-hydrogen) atoms. The quantitative estimate of drug-likeness (QED) is 0.754. The van der Waals surface area contributed by atoms with Gasteiger partial charge in [0.15, 0.2) is 5.13 Å². The molecular formula is C17H17ClN2O2S. The van der Waals surface area contributed by atoms with Crippen molar-refractivity contribution >= 4 is 28.9 Å². The summed E-state index contributed by atoms with van der Waals surface area (Å²) >= 11 is 1.48. The molecule has 1 aromatic heterocycles. The van der Waals surface area contributed by atoms with Gasteiger partial charge < -0.3 is 15.2 Å². The Morgan fingerprint density at radius 1 is 0.826 bits per heavy atom. The fourth-order valence-electron chi connectivity index (χ4n) is 2.22. The van der Waals surface area contributed by atoms with E-state index in [1.807, 2.05) is 48.5 Å². The average molecular weight is 349 g/mol. The van der Waals surface area contributed by atoms with E-state index in [9.17, 15) is 0 Å². The standard InChI is InChI=1S/C17H16N2O2S.ClH/c1-20-13-7-3-11(4-8-13)15-16(22-17(18)19-15)12-5-9-14(21-2)10-6-12;/h3-10H,1-2H3,(H2,18,19);1H. The van der Waals surface area contributed by atoms with Gasteiger partial charge in [0.25, 0.3) is 0 Å². The van der Waals surface area contributed by atoms with Gasteiger partial charge >= 0.3 is 0 Å². The predicted octanol–water partition coefficient (Wildman–Crippen LogP) is 4.50. The van der Waals surface area contributed by atoms with Crippen LogP contribution in [0, 0.1) is 0 Å². The lowest BCUT2D eigenvalue weighted by molar-refractivity contribution is 0.414. The molecule has 0 spiro atoms. The molecule has 3 rings (SSSR count). The van der Waals surface area contributed by atoms with Crippen molar-refractivity contribution in [3.63, 3.8) is 0 Å². The molecule has 1 heterocycles. The number of halogens is 1. The largest absolute Gasteiger partial charge is 0.497 e. The Labute approximate surface area is 145 Å². The number of thiazole rings is 1. The minimum atomic E-state index is 0. The van der Waals surface area contributed by atoms with Crippen molar-refractivity contribution in [3.8, 4) is 33.2 Å². The van der Waals surface area contributed by atoms with E-state index in [2.05, 4.69) is 4.98 Å². The summed E-state index contributed by atoms with van der Waals surface area (Å²) < 4.78 is 10.4. The van der Waals surface area contributed by atoms with Gasteiger partial charge in [-0.15, -0.1) is 12.4 Å². The normalized spacial score (nSPS) is 10.0. The first kappa shape index (κ1) is 17.1. The maximum atomic E-state index is 5.92. The van der Waals surface area contributed by atoms with E-state index in [1.165, 1.54) is 11.3 Å². The van der Waals surface area contributed by atoms with E-state index in [0.29, 0.717) is 5.13 Å². The number of methoxy groups -OCH3 is 2. The zero-order valence-electron chi connectivity index (χ0n) is 12.8. The third kappa shape index (κ3) is 3.57. The summed E-state index contributed by atoms with van der Waals surface area (Å²) in [4.78, 5) is 5.53. The lowest BCUT2D eigenvalue weighted by Gasteiger charge is -2.05. The summed E-state index contributed by atoms with van der Waals surface area (Å²) in [6, 6.07) is 15.7. The number of hydrogen-bond acceptors (Lipinski definition) is 5. The van der Waals surface area contributed by atoms with Crippen molar-refractivity contribution in [2.75, 3.05) is 20.0 Å². The van der Waals surface area contributed by atoms with Crippen LogP contribution in [0.15, 0.2) is 48.5 Å². The molecule has 6 heteroatoms. The van der Waals surface area contributed by atoms with Crippen molar-refractivity contribution in [2.24, 2.45) is 0 Å². The minimum Gasteiger partial charge on any atom is -0.497 e. The molecule has 4 nitrogen and oxygen atoms in total. The first-order valence-electron chi connectivity index (χ1n) is 6.76. The monoisotopic (exact) mass is 348 g/mol. The molecule has 2 N–H and O–H groups in total. The third-order valence-corrected chi connectivity index (χ3v) is 4.29. The van der Waals surface area contributed by atoms with Gasteiger partial charge in [-0.3, -0.25) is 0 Å². The second-order valence-corrected chi connectivity index (χ2v) is 5.72. The second kappa shape index (κ2) is 7.35. The van der Waals surface area contributed by atoms with Crippen LogP contribution in [0.1, 0.15) is 0 Å². The summed E-state index contributed by atoms with van der Waals surface area (Å²) in [6.45, 7) is 0. The van der Waals surface area contributed by atoms with Crippen molar-refractivity contribution in [2.45, 2.75) is 0 Å². The Hall–Kier alpha value is -2.24. The number of nitrogen functional groups attached to an aromatic ring is 1.